The van der Waals surface area contributed by atoms with Gasteiger partial charge in [-0.2, -0.15) is 0 Å². The molecule has 2 aliphatic rings. The van der Waals surface area contributed by atoms with Crippen LogP contribution in [0.5, 0.6) is 0 Å². The fourth-order valence-electron chi connectivity index (χ4n) is 4.04. The quantitative estimate of drug-likeness (QED) is 0.788. The lowest BCUT2D eigenvalue weighted by Gasteiger charge is -2.39. The smallest absolute Gasteiger partial charge is 0.256 e. The van der Waals surface area contributed by atoms with Crippen LogP contribution in [-0.4, -0.2) is 40.6 Å². The van der Waals surface area contributed by atoms with Crippen molar-refractivity contribution in [2.75, 3.05) is 13.1 Å². The Kier molecular flexibility index (Phi) is 6.24. The Labute approximate surface area is 153 Å². The SMILES string of the molecule is O=C1N(Cc2ccc(F)c(F)c2)CCCC1(O)CNC1CCCCCC1. The van der Waals surface area contributed by atoms with Crippen molar-refractivity contribution in [3.63, 3.8) is 0 Å². The van der Waals surface area contributed by atoms with Crippen molar-refractivity contribution in [1.82, 2.24) is 10.2 Å². The molecular formula is C20H28F2N2O2. The molecule has 6 heteroatoms. The second kappa shape index (κ2) is 8.44. The minimum atomic E-state index is -1.41. The number of nitrogens with one attached hydrogen (secondary N) is 1. The minimum absolute atomic E-state index is 0.182. The van der Waals surface area contributed by atoms with Crippen LogP contribution in [0, 0.1) is 11.6 Å². The first-order chi connectivity index (χ1) is 12.5. The minimum Gasteiger partial charge on any atom is -0.379 e. The highest BCUT2D eigenvalue weighted by atomic mass is 19.2. The van der Waals surface area contributed by atoms with Gasteiger partial charge in [-0.05, 0) is 43.4 Å². The normalized spacial score (nSPS) is 25.3. The summed E-state index contributed by atoms with van der Waals surface area (Å²) in [5, 5.41) is 14.3. The summed E-state index contributed by atoms with van der Waals surface area (Å²) in [5.41, 5.74) is -0.887. The Morgan fingerprint density at radius 3 is 2.54 bits per heavy atom. The van der Waals surface area contributed by atoms with Crippen LogP contribution in [0.25, 0.3) is 0 Å². The molecule has 0 radical (unpaired) electrons. The Bertz CT molecular complexity index is 632. The molecule has 4 nitrogen and oxygen atoms in total. The summed E-state index contributed by atoms with van der Waals surface area (Å²) in [5.74, 6) is -2.14. The molecule has 1 saturated heterocycles. The van der Waals surface area contributed by atoms with E-state index < -0.39 is 17.2 Å². The number of piperidine rings is 1. The van der Waals surface area contributed by atoms with Crippen LogP contribution in [-0.2, 0) is 11.3 Å². The summed E-state index contributed by atoms with van der Waals surface area (Å²) in [6, 6.07) is 4.01. The number of carbonyl (C=O) groups is 1. The fraction of sp³-hybridized carbons (Fsp3) is 0.650. The number of aliphatic hydroxyl groups is 1. The summed E-state index contributed by atoms with van der Waals surface area (Å²) in [4.78, 5) is 14.4. The number of hydrogen-bond acceptors (Lipinski definition) is 3. The fourth-order valence-corrected chi connectivity index (χ4v) is 4.04. The van der Waals surface area contributed by atoms with Gasteiger partial charge in [-0.25, -0.2) is 8.78 Å². The van der Waals surface area contributed by atoms with Crippen molar-refractivity contribution in [3.8, 4) is 0 Å². The molecule has 1 heterocycles. The molecule has 2 N–H and O–H groups in total. The van der Waals surface area contributed by atoms with Crippen LogP contribution in [0.3, 0.4) is 0 Å². The van der Waals surface area contributed by atoms with Crippen molar-refractivity contribution >= 4 is 5.91 Å². The number of likely N-dealkylation sites (tertiary alicyclic amines) is 1. The second-order valence-electron chi connectivity index (χ2n) is 7.68. The summed E-state index contributed by atoms with van der Waals surface area (Å²) in [6.07, 6.45) is 8.18. The number of halogens is 2. The zero-order valence-corrected chi connectivity index (χ0v) is 15.1. The van der Waals surface area contributed by atoms with E-state index in [1.165, 1.54) is 31.7 Å². The summed E-state index contributed by atoms with van der Waals surface area (Å²) in [7, 11) is 0. The molecular weight excluding hydrogens is 338 g/mol. The van der Waals surface area contributed by atoms with Crippen LogP contribution in [0.1, 0.15) is 56.9 Å². The van der Waals surface area contributed by atoms with Gasteiger partial charge in [0.25, 0.3) is 5.91 Å². The molecule has 1 amide bonds. The Morgan fingerprint density at radius 2 is 1.85 bits per heavy atom. The molecule has 1 aliphatic carbocycles. The Hall–Kier alpha value is -1.53. The zero-order chi connectivity index (χ0) is 18.6. The van der Waals surface area contributed by atoms with Gasteiger partial charge in [-0.1, -0.05) is 31.7 Å². The van der Waals surface area contributed by atoms with Gasteiger partial charge in [0.15, 0.2) is 17.2 Å². The highest BCUT2D eigenvalue weighted by Crippen LogP contribution is 2.25. The molecule has 1 unspecified atom stereocenters. The van der Waals surface area contributed by atoms with Gasteiger partial charge in [0.1, 0.15) is 0 Å². The molecule has 1 saturated carbocycles. The number of benzene rings is 1. The van der Waals surface area contributed by atoms with Gasteiger partial charge >= 0.3 is 0 Å². The van der Waals surface area contributed by atoms with E-state index in [0.29, 0.717) is 31.0 Å². The number of hydrogen-bond donors (Lipinski definition) is 2. The maximum absolute atomic E-state index is 13.4. The predicted octanol–water partition coefficient (Wildman–Crippen LogP) is 3.13. The van der Waals surface area contributed by atoms with E-state index >= 15 is 0 Å². The zero-order valence-electron chi connectivity index (χ0n) is 15.1. The van der Waals surface area contributed by atoms with Crippen LogP contribution in [0.2, 0.25) is 0 Å². The van der Waals surface area contributed by atoms with Gasteiger partial charge in [0, 0.05) is 25.7 Å². The third kappa shape index (κ3) is 4.60. The van der Waals surface area contributed by atoms with E-state index in [1.54, 1.807) is 4.90 Å². The average molecular weight is 366 g/mol. The van der Waals surface area contributed by atoms with Crippen LogP contribution in [0.4, 0.5) is 8.78 Å². The van der Waals surface area contributed by atoms with Gasteiger partial charge in [-0.3, -0.25) is 4.79 Å². The average Bonchev–Trinajstić information content (AvgIpc) is 2.89. The molecule has 1 aromatic rings. The third-order valence-electron chi connectivity index (χ3n) is 5.60. The molecule has 0 aromatic heterocycles. The second-order valence-corrected chi connectivity index (χ2v) is 7.68. The maximum atomic E-state index is 13.4. The molecule has 1 atom stereocenters. The first-order valence-electron chi connectivity index (χ1n) is 9.67. The van der Waals surface area contributed by atoms with Gasteiger partial charge in [0.2, 0.25) is 0 Å². The first kappa shape index (κ1) is 19.2. The number of nitrogens with zero attached hydrogens (tertiary/aromatic N) is 1. The Morgan fingerprint density at radius 1 is 1.12 bits per heavy atom. The molecule has 0 bridgehead atoms. The number of carbonyl (C=O) groups excluding carboxylic acids is 1. The summed E-state index contributed by atoms with van der Waals surface area (Å²) in [6.45, 7) is 0.954. The molecule has 2 fully saturated rings. The summed E-state index contributed by atoms with van der Waals surface area (Å²) >= 11 is 0. The maximum Gasteiger partial charge on any atom is 0.256 e. The first-order valence-corrected chi connectivity index (χ1v) is 9.67. The van der Waals surface area contributed by atoms with Crippen LogP contribution >= 0.6 is 0 Å². The van der Waals surface area contributed by atoms with Crippen molar-refractivity contribution in [1.29, 1.82) is 0 Å². The molecule has 3 rings (SSSR count). The van der Waals surface area contributed by atoms with Gasteiger partial charge in [-0.15, -0.1) is 0 Å². The third-order valence-corrected chi connectivity index (χ3v) is 5.60. The van der Waals surface area contributed by atoms with E-state index in [0.717, 1.165) is 25.0 Å². The van der Waals surface area contributed by atoms with E-state index in [4.69, 9.17) is 0 Å². The standard InChI is InChI=1S/C20H28F2N2O2/c21-17-9-8-15(12-18(17)22)13-24-11-5-10-20(26,19(24)25)14-23-16-6-3-1-2-4-7-16/h8-9,12,16,23,26H,1-7,10-11,13-14H2. The molecule has 0 spiro atoms. The van der Waals surface area contributed by atoms with E-state index in [2.05, 4.69) is 5.32 Å². The topological polar surface area (TPSA) is 52.6 Å². The molecule has 1 aromatic carbocycles. The van der Waals surface area contributed by atoms with E-state index in [9.17, 15) is 18.7 Å². The molecule has 144 valence electrons. The number of rotatable bonds is 5. The molecule has 26 heavy (non-hydrogen) atoms. The largest absolute Gasteiger partial charge is 0.379 e. The summed E-state index contributed by atoms with van der Waals surface area (Å²) < 4.78 is 26.5. The van der Waals surface area contributed by atoms with E-state index in [1.807, 2.05) is 0 Å². The highest BCUT2D eigenvalue weighted by Gasteiger charge is 2.42. The lowest BCUT2D eigenvalue weighted by atomic mass is 9.90. The monoisotopic (exact) mass is 366 g/mol. The highest BCUT2D eigenvalue weighted by molar-refractivity contribution is 5.86. The van der Waals surface area contributed by atoms with Crippen molar-refractivity contribution in [2.45, 2.75) is 69.6 Å². The van der Waals surface area contributed by atoms with Crippen LogP contribution in [0.15, 0.2) is 18.2 Å². The van der Waals surface area contributed by atoms with Crippen molar-refractivity contribution in [2.24, 2.45) is 0 Å². The van der Waals surface area contributed by atoms with Crippen molar-refractivity contribution < 1.29 is 18.7 Å². The van der Waals surface area contributed by atoms with E-state index in [-0.39, 0.29) is 19.0 Å². The van der Waals surface area contributed by atoms with Gasteiger partial charge in [0.05, 0.1) is 0 Å². The molecule has 1 aliphatic heterocycles. The lowest BCUT2D eigenvalue weighted by molar-refractivity contribution is -0.157. The Balaban J connectivity index is 1.61. The van der Waals surface area contributed by atoms with Gasteiger partial charge < -0.3 is 15.3 Å². The van der Waals surface area contributed by atoms with Crippen LogP contribution < -0.4 is 5.32 Å². The lowest BCUT2D eigenvalue weighted by Crippen LogP contribution is -2.58. The number of amides is 1. The van der Waals surface area contributed by atoms with Crippen molar-refractivity contribution in [3.05, 3.63) is 35.4 Å². The predicted molar refractivity (Wildman–Crippen MR) is 95.5 cm³/mol.